The lowest BCUT2D eigenvalue weighted by Gasteiger charge is -2.25. The van der Waals surface area contributed by atoms with Crippen LogP contribution in [0.3, 0.4) is 0 Å². The van der Waals surface area contributed by atoms with E-state index >= 15 is 0 Å². The number of anilines is 2. The Bertz CT molecular complexity index is 1170. The Morgan fingerprint density at radius 3 is 2.29 bits per heavy atom. The molecule has 1 saturated heterocycles. The van der Waals surface area contributed by atoms with E-state index in [1.807, 2.05) is 41.3 Å². The molecule has 0 saturated carbocycles. The fourth-order valence-electron chi connectivity index (χ4n) is 3.88. The predicted octanol–water partition coefficient (Wildman–Crippen LogP) is 5.86. The third kappa shape index (κ3) is 5.04. The second kappa shape index (κ2) is 10.2. The Balaban J connectivity index is 1.57. The Morgan fingerprint density at radius 2 is 1.68 bits per heavy atom. The molecule has 0 bridgehead atoms. The molecule has 0 aromatic heterocycles. The summed E-state index contributed by atoms with van der Waals surface area (Å²) in [7, 11) is 3.09. The van der Waals surface area contributed by atoms with Crippen LogP contribution in [0, 0.1) is 0 Å². The highest BCUT2D eigenvalue weighted by molar-refractivity contribution is 8.00. The van der Waals surface area contributed by atoms with Crippen molar-refractivity contribution in [3.8, 4) is 11.5 Å². The Morgan fingerprint density at radius 1 is 1.00 bits per heavy atom. The van der Waals surface area contributed by atoms with Gasteiger partial charge >= 0.3 is 0 Å². The number of nitrogens with zero attached hydrogens (tertiary/aromatic N) is 1. The number of ether oxygens (including phenoxy) is 2. The SMILES string of the molecule is COc1cc(OC)cc(C(=O)Nc2cccc(C3SCC(=O)N3c3ccc(C(C)C)cc3)c2)c1. The van der Waals surface area contributed by atoms with Gasteiger partial charge in [-0.25, -0.2) is 0 Å². The van der Waals surface area contributed by atoms with E-state index in [0.717, 1.165) is 11.3 Å². The van der Waals surface area contributed by atoms with E-state index in [-0.39, 0.29) is 17.2 Å². The zero-order chi connectivity index (χ0) is 24.2. The summed E-state index contributed by atoms with van der Waals surface area (Å²) in [6.07, 6.45) is 0. The van der Waals surface area contributed by atoms with Gasteiger partial charge in [0.05, 0.1) is 20.0 Å². The molecule has 34 heavy (non-hydrogen) atoms. The van der Waals surface area contributed by atoms with Crippen molar-refractivity contribution >= 4 is 35.0 Å². The van der Waals surface area contributed by atoms with Gasteiger partial charge < -0.3 is 14.8 Å². The molecule has 2 amide bonds. The minimum atomic E-state index is -0.273. The summed E-state index contributed by atoms with van der Waals surface area (Å²) < 4.78 is 10.5. The first kappa shape index (κ1) is 23.7. The number of amides is 2. The summed E-state index contributed by atoms with van der Waals surface area (Å²) >= 11 is 1.58. The van der Waals surface area contributed by atoms with Gasteiger partial charge in [-0.2, -0.15) is 0 Å². The van der Waals surface area contributed by atoms with Gasteiger partial charge in [0.2, 0.25) is 5.91 Å². The van der Waals surface area contributed by atoms with Gasteiger partial charge in [0, 0.05) is 23.0 Å². The summed E-state index contributed by atoms with van der Waals surface area (Å²) in [6, 6.07) is 20.8. The zero-order valence-electron chi connectivity index (χ0n) is 19.7. The van der Waals surface area contributed by atoms with E-state index < -0.39 is 0 Å². The molecule has 1 aliphatic rings. The Labute approximate surface area is 204 Å². The van der Waals surface area contributed by atoms with Crippen LogP contribution in [0.4, 0.5) is 11.4 Å². The maximum absolute atomic E-state index is 12.9. The van der Waals surface area contributed by atoms with Gasteiger partial charge in [0.25, 0.3) is 5.91 Å². The molecule has 7 heteroatoms. The van der Waals surface area contributed by atoms with Crippen molar-refractivity contribution in [2.45, 2.75) is 25.1 Å². The number of benzene rings is 3. The molecular weight excluding hydrogens is 448 g/mol. The number of carbonyl (C=O) groups is 2. The lowest BCUT2D eigenvalue weighted by Crippen LogP contribution is -2.27. The lowest BCUT2D eigenvalue weighted by molar-refractivity contribution is -0.115. The highest BCUT2D eigenvalue weighted by Crippen LogP contribution is 2.42. The molecule has 1 heterocycles. The fraction of sp³-hybridized carbons (Fsp3) is 0.259. The van der Waals surface area contributed by atoms with E-state index in [1.165, 1.54) is 5.56 Å². The average molecular weight is 477 g/mol. The Hall–Kier alpha value is -3.45. The van der Waals surface area contributed by atoms with Crippen LogP contribution in [0.1, 0.15) is 46.6 Å². The van der Waals surface area contributed by atoms with Crippen LogP contribution in [0.25, 0.3) is 0 Å². The van der Waals surface area contributed by atoms with Crippen molar-refractivity contribution in [2.75, 3.05) is 30.2 Å². The smallest absolute Gasteiger partial charge is 0.255 e. The van der Waals surface area contributed by atoms with Crippen molar-refractivity contribution in [3.05, 3.63) is 83.4 Å². The van der Waals surface area contributed by atoms with Crippen LogP contribution >= 0.6 is 11.8 Å². The number of methoxy groups -OCH3 is 2. The first-order chi connectivity index (χ1) is 16.4. The first-order valence-electron chi connectivity index (χ1n) is 11.1. The van der Waals surface area contributed by atoms with Crippen LogP contribution in [0.15, 0.2) is 66.7 Å². The van der Waals surface area contributed by atoms with Crippen LogP contribution in [-0.2, 0) is 4.79 Å². The topological polar surface area (TPSA) is 67.9 Å². The molecule has 4 rings (SSSR count). The number of rotatable bonds is 7. The molecule has 3 aromatic carbocycles. The monoisotopic (exact) mass is 476 g/mol. The first-order valence-corrected chi connectivity index (χ1v) is 12.1. The van der Waals surface area contributed by atoms with Crippen LogP contribution < -0.4 is 19.7 Å². The maximum Gasteiger partial charge on any atom is 0.255 e. The van der Waals surface area contributed by atoms with Crippen LogP contribution in [0.2, 0.25) is 0 Å². The average Bonchev–Trinajstić information content (AvgIpc) is 3.25. The van der Waals surface area contributed by atoms with Crippen molar-refractivity contribution < 1.29 is 19.1 Å². The minimum absolute atomic E-state index is 0.0743. The van der Waals surface area contributed by atoms with E-state index in [4.69, 9.17) is 9.47 Å². The minimum Gasteiger partial charge on any atom is -0.497 e. The summed E-state index contributed by atoms with van der Waals surface area (Å²) in [5, 5.41) is 2.79. The summed E-state index contributed by atoms with van der Waals surface area (Å²) in [4.78, 5) is 27.5. The molecule has 6 nitrogen and oxygen atoms in total. The summed E-state index contributed by atoms with van der Waals surface area (Å²) in [6.45, 7) is 4.30. The third-order valence-corrected chi connectivity index (χ3v) is 6.96. The molecule has 1 aliphatic heterocycles. The number of thioether (sulfide) groups is 1. The molecule has 1 N–H and O–H groups in total. The van der Waals surface area contributed by atoms with Gasteiger partial charge in [-0.1, -0.05) is 38.1 Å². The van der Waals surface area contributed by atoms with E-state index in [9.17, 15) is 9.59 Å². The number of nitrogens with one attached hydrogen (secondary N) is 1. The molecule has 1 atom stereocenters. The van der Waals surface area contributed by atoms with Crippen molar-refractivity contribution in [1.82, 2.24) is 0 Å². The van der Waals surface area contributed by atoms with E-state index in [0.29, 0.717) is 34.4 Å². The van der Waals surface area contributed by atoms with Crippen molar-refractivity contribution in [3.63, 3.8) is 0 Å². The molecule has 176 valence electrons. The fourth-order valence-corrected chi connectivity index (χ4v) is 5.05. The van der Waals surface area contributed by atoms with Crippen molar-refractivity contribution in [2.24, 2.45) is 0 Å². The molecule has 1 unspecified atom stereocenters. The standard InChI is InChI=1S/C27H28N2O4S/c1-17(2)18-8-10-22(11-9-18)29-25(30)16-34-27(29)19-6-5-7-21(12-19)28-26(31)20-13-23(32-3)15-24(14-20)33-4/h5-15,17,27H,16H2,1-4H3,(H,28,31). The van der Waals surface area contributed by atoms with Crippen molar-refractivity contribution in [1.29, 1.82) is 0 Å². The van der Waals surface area contributed by atoms with E-state index in [1.54, 1.807) is 44.2 Å². The van der Waals surface area contributed by atoms with Gasteiger partial charge in [0.15, 0.2) is 0 Å². The van der Waals surface area contributed by atoms with Crippen LogP contribution in [-0.4, -0.2) is 31.8 Å². The van der Waals surface area contributed by atoms with Gasteiger partial charge in [-0.3, -0.25) is 14.5 Å². The quantitative estimate of drug-likeness (QED) is 0.463. The van der Waals surface area contributed by atoms with Gasteiger partial charge in [0.1, 0.15) is 16.9 Å². The number of hydrogen-bond donors (Lipinski definition) is 1. The zero-order valence-corrected chi connectivity index (χ0v) is 20.5. The molecule has 0 spiro atoms. The molecule has 3 aromatic rings. The third-order valence-electron chi connectivity index (χ3n) is 5.75. The Kier molecular flexibility index (Phi) is 7.12. The van der Waals surface area contributed by atoms with Gasteiger partial charge in [-0.05, 0) is 53.4 Å². The highest BCUT2D eigenvalue weighted by atomic mass is 32.2. The largest absolute Gasteiger partial charge is 0.497 e. The second-order valence-electron chi connectivity index (χ2n) is 8.35. The number of carbonyl (C=O) groups excluding carboxylic acids is 2. The normalized spacial score (nSPS) is 15.5. The maximum atomic E-state index is 12.9. The van der Waals surface area contributed by atoms with Gasteiger partial charge in [-0.15, -0.1) is 11.8 Å². The molecule has 0 aliphatic carbocycles. The van der Waals surface area contributed by atoms with E-state index in [2.05, 4.69) is 31.3 Å². The second-order valence-corrected chi connectivity index (χ2v) is 9.42. The number of hydrogen-bond acceptors (Lipinski definition) is 5. The predicted molar refractivity (Wildman–Crippen MR) is 137 cm³/mol. The lowest BCUT2D eigenvalue weighted by atomic mass is 10.0. The molecule has 1 fully saturated rings. The molecular formula is C27H28N2O4S. The molecule has 0 radical (unpaired) electrons. The summed E-state index contributed by atoms with van der Waals surface area (Å²) in [5.41, 5.74) is 4.14. The summed E-state index contributed by atoms with van der Waals surface area (Å²) in [5.74, 6) is 1.72. The van der Waals surface area contributed by atoms with Crippen LogP contribution in [0.5, 0.6) is 11.5 Å². The highest BCUT2D eigenvalue weighted by Gasteiger charge is 2.34.